The molecule has 2 heterocycles. The highest BCUT2D eigenvalue weighted by Gasteiger charge is 2.50. The fourth-order valence-corrected chi connectivity index (χ4v) is 11.5. The summed E-state index contributed by atoms with van der Waals surface area (Å²) in [7, 11) is -1.72. The molecule has 13 nitrogen and oxygen atoms in total. The number of allylic oxidation sites excluding steroid dienone is 8. The minimum absolute atomic E-state index is 0.152. The summed E-state index contributed by atoms with van der Waals surface area (Å²) in [5, 5.41) is 0. The third kappa shape index (κ3) is 10.00. The van der Waals surface area contributed by atoms with Crippen LogP contribution in [0.2, 0.25) is 0 Å². The van der Waals surface area contributed by atoms with E-state index in [2.05, 4.69) is 89.0 Å². The Hall–Kier alpha value is -3.67. The van der Waals surface area contributed by atoms with Gasteiger partial charge >= 0.3 is 0 Å². The highest BCUT2D eigenvalue weighted by atomic mass is 79.9. The standard InChI is InChI=1S/C46H64BrN3O10S2/c1-10-45(11-2)34-28-38(56-6)40(58-8)30-36(34)49(24-16-26-61(51,52)53)42(45)22-20-32-18-15-19-33(44(32)47)21-23-43-46(12-3,13-4)35-29-39(57-7)41(59-9)31-37(35)50(43)25-17-27-62(54,55)60-48-14-5/h20-23,28-31,48H,10-19,24-27H2,1-9H3. The van der Waals surface area contributed by atoms with Crippen molar-refractivity contribution in [2.45, 2.75) is 103 Å². The van der Waals surface area contributed by atoms with Gasteiger partial charge in [-0.2, -0.15) is 22.8 Å². The Balaban J connectivity index is 1.61. The van der Waals surface area contributed by atoms with Gasteiger partial charge in [0.25, 0.3) is 10.1 Å². The molecular weight excluding hydrogens is 899 g/mol. The summed E-state index contributed by atoms with van der Waals surface area (Å²) in [5.74, 6) is 1.81. The normalized spacial score (nSPS) is 18.6. The average Bonchev–Trinajstić information content (AvgIpc) is 3.67. The Bertz CT molecular complexity index is 2340. The van der Waals surface area contributed by atoms with Crippen molar-refractivity contribution in [1.29, 1.82) is 0 Å². The van der Waals surface area contributed by atoms with Crippen molar-refractivity contribution in [3.05, 3.63) is 81.0 Å². The number of hydrogen-bond donors (Lipinski definition) is 1. The second-order valence-corrected chi connectivity index (χ2v) is 19.8. The largest absolute Gasteiger partial charge is 0.748 e. The number of hydroxylamine groups is 1. The summed E-state index contributed by atoms with van der Waals surface area (Å²) in [6, 6.07) is 8.03. The van der Waals surface area contributed by atoms with Gasteiger partial charge in [0.2, 0.25) is 5.69 Å². The lowest BCUT2D eigenvalue weighted by Gasteiger charge is -2.32. The SMILES string of the molecule is CCNOS(=O)(=O)CCCN1/C(=C\C=C2/CCCC(/C=C/C3=[N+](CCCS(=O)(=O)[O-])c4cc(OC)c(OC)cc4C3(CC)CC)=C2Br)C(CC)(CC)c2cc(OC)c(OC)cc21. The minimum Gasteiger partial charge on any atom is -0.748 e. The lowest BCUT2D eigenvalue weighted by Crippen LogP contribution is -2.33. The van der Waals surface area contributed by atoms with Gasteiger partial charge in [-0.05, 0) is 86.3 Å². The summed E-state index contributed by atoms with van der Waals surface area (Å²) < 4.78 is 91.6. The van der Waals surface area contributed by atoms with Crippen molar-refractivity contribution < 1.29 is 49.2 Å². The van der Waals surface area contributed by atoms with E-state index in [9.17, 15) is 21.4 Å². The maximum atomic E-state index is 12.7. The summed E-state index contributed by atoms with van der Waals surface area (Å²) in [5.41, 5.74) is 10.1. The number of nitrogens with one attached hydrogen (secondary N) is 1. The molecule has 0 atom stereocenters. The van der Waals surface area contributed by atoms with E-state index < -0.39 is 31.4 Å². The second-order valence-electron chi connectivity index (χ2n) is 15.8. The van der Waals surface area contributed by atoms with Crippen molar-refractivity contribution in [3.63, 3.8) is 0 Å². The van der Waals surface area contributed by atoms with Crippen molar-refractivity contribution in [1.82, 2.24) is 5.48 Å². The number of ether oxygens (including phenoxy) is 4. The maximum absolute atomic E-state index is 12.7. The molecule has 0 spiro atoms. The topological polar surface area (TPSA) is 156 Å². The quantitative estimate of drug-likeness (QED) is 0.0681. The van der Waals surface area contributed by atoms with Gasteiger partial charge in [-0.3, -0.25) is 0 Å². The Morgan fingerprint density at radius 1 is 0.774 bits per heavy atom. The molecule has 1 aliphatic carbocycles. The number of benzene rings is 2. The van der Waals surface area contributed by atoms with E-state index in [0.29, 0.717) is 49.1 Å². The first-order valence-corrected chi connectivity index (χ1v) is 25.5. The summed E-state index contributed by atoms with van der Waals surface area (Å²) in [6.07, 6.45) is 15.0. The molecule has 0 amide bonds. The molecular formula is C46H64BrN3O10S2. The second kappa shape index (κ2) is 20.9. The van der Waals surface area contributed by atoms with E-state index in [4.69, 9.17) is 23.2 Å². The lowest BCUT2D eigenvalue weighted by atomic mass is 9.73. The number of halogens is 1. The Kier molecular flexibility index (Phi) is 16.6. The highest BCUT2D eigenvalue weighted by molar-refractivity contribution is 9.12. The van der Waals surface area contributed by atoms with Gasteiger partial charge in [-0.25, -0.2) is 8.42 Å². The molecule has 0 fully saturated rings. The van der Waals surface area contributed by atoms with Gasteiger partial charge in [0.15, 0.2) is 28.7 Å². The fraction of sp³-hybridized carbons (Fsp3) is 0.543. The number of nitrogens with zero attached hydrogens (tertiary/aromatic N) is 2. The van der Waals surface area contributed by atoms with Crippen molar-refractivity contribution in [2.75, 3.05) is 64.5 Å². The van der Waals surface area contributed by atoms with Crippen LogP contribution in [0.15, 0.2) is 69.9 Å². The summed E-state index contributed by atoms with van der Waals surface area (Å²) >= 11 is 4.02. The van der Waals surface area contributed by atoms with Gasteiger partial charge in [-0.15, -0.1) is 0 Å². The first kappa shape index (κ1) is 49.3. The number of methoxy groups -OCH3 is 4. The molecule has 3 aliphatic rings. The van der Waals surface area contributed by atoms with Gasteiger partial charge in [0, 0.05) is 64.3 Å². The monoisotopic (exact) mass is 961 g/mol. The Labute approximate surface area is 377 Å². The van der Waals surface area contributed by atoms with E-state index in [1.165, 1.54) is 0 Å². The van der Waals surface area contributed by atoms with E-state index in [-0.39, 0.29) is 17.6 Å². The van der Waals surface area contributed by atoms with Crippen LogP contribution in [0.1, 0.15) is 104 Å². The van der Waals surface area contributed by atoms with Crippen LogP contribution in [0.3, 0.4) is 0 Å². The smallest absolute Gasteiger partial charge is 0.283 e. The van der Waals surface area contributed by atoms with Crippen LogP contribution >= 0.6 is 15.9 Å². The Morgan fingerprint density at radius 3 is 1.95 bits per heavy atom. The molecule has 2 aliphatic heterocycles. The molecule has 2 aromatic rings. The number of hydrogen-bond acceptors (Lipinski definition) is 12. The molecule has 342 valence electrons. The van der Waals surface area contributed by atoms with E-state index in [1.807, 2.05) is 18.2 Å². The number of rotatable bonds is 22. The molecule has 62 heavy (non-hydrogen) atoms. The highest BCUT2D eigenvalue weighted by Crippen LogP contribution is 2.55. The fourth-order valence-electron chi connectivity index (χ4n) is 9.53. The van der Waals surface area contributed by atoms with Crippen LogP contribution in [0.25, 0.3) is 0 Å². The van der Waals surface area contributed by atoms with E-state index in [0.717, 1.165) is 94.5 Å². The first-order chi connectivity index (χ1) is 29.6. The van der Waals surface area contributed by atoms with Crippen molar-refractivity contribution >= 4 is 53.3 Å². The number of fused-ring (bicyclic) bond motifs is 2. The molecule has 1 N–H and O–H groups in total. The van der Waals surface area contributed by atoms with Crippen LogP contribution in [-0.4, -0.2) is 91.3 Å². The first-order valence-electron chi connectivity index (χ1n) is 21.6. The minimum atomic E-state index is -4.40. The zero-order valence-corrected chi connectivity index (χ0v) is 40.9. The van der Waals surface area contributed by atoms with Gasteiger partial charge < -0.3 is 28.4 Å². The van der Waals surface area contributed by atoms with Crippen LogP contribution in [-0.2, 0) is 35.4 Å². The third-order valence-corrected chi connectivity index (χ3v) is 15.8. The van der Waals surface area contributed by atoms with Crippen LogP contribution < -0.4 is 29.3 Å². The molecule has 16 heteroatoms. The molecule has 0 unspecified atom stereocenters. The molecule has 0 aromatic heterocycles. The van der Waals surface area contributed by atoms with Crippen LogP contribution in [0.5, 0.6) is 23.0 Å². The third-order valence-electron chi connectivity index (χ3n) is 12.8. The molecule has 0 radical (unpaired) electrons. The molecule has 2 aromatic carbocycles. The zero-order valence-electron chi connectivity index (χ0n) is 37.7. The molecule has 0 saturated heterocycles. The predicted molar refractivity (Wildman–Crippen MR) is 248 cm³/mol. The Morgan fingerprint density at radius 2 is 1.37 bits per heavy atom. The molecule has 5 rings (SSSR count). The lowest BCUT2D eigenvalue weighted by molar-refractivity contribution is -0.437. The summed E-state index contributed by atoms with van der Waals surface area (Å²) in [4.78, 5) is 2.23. The molecule has 0 saturated carbocycles. The summed E-state index contributed by atoms with van der Waals surface area (Å²) in [6.45, 7) is 11.6. The van der Waals surface area contributed by atoms with E-state index >= 15 is 0 Å². The van der Waals surface area contributed by atoms with Crippen molar-refractivity contribution in [3.8, 4) is 23.0 Å². The predicted octanol–water partition coefficient (Wildman–Crippen LogP) is 8.85. The average molecular weight is 963 g/mol. The van der Waals surface area contributed by atoms with Crippen LogP contribution in [0.4, 0.5) is 11.4 Å². The molecule has 0 bridgehead atoms. The zero-order chi connectivity index (χ0) is 45.5. The van der Waals surface area contributed by atoms with Gasteiger partial charge in [-0.1, -0.05) is 62.7 Å². The van der Waals surface area contributed by atoms with Crippen LogP contribution in [0, 0.1) is 0 Å². The van der Waals surface area contributed by atoms with Crippen molar-refractivity contribution in [2.24, 2.45) is 0 Å². The van der Waals surface area contributed by atoms with Gasteiger partial charge in [0.1, 0.15) is 6.54 Å². The van der Waals surface area contributed by atoms with E-state index in [1.54, 1.807) is 35.4 Å². The number of anilines is 1. The van der Waals surface area contributed by atoms with Gasteiger partial charge in [0.05, 0.1) is 55.8 Å². The maximum Gasteiger partial charge on any atom is 0.283 e.